The molecule has 142 valence electrons. The number of nitrogens with zero attached hydrogens (tertiary/aromatic N) is 1. The van der Waals surface area contributed by atoms with Gasteiger partial charge in [0.25, 0.3) is 5.91 Å². The molecule has 7 heteroatoms. The third-order valence-corrected chi connectivity index (χ3v) is 4.66. The topological polar surface area (TPSA) is 64.8 Å². The third kappa shape index (κ3) is 5.40. The van der Waals surface area contributed by atoms with Crippen LogP contribution >= 0.6 is 24.0 Å². The molecule has 1 atom stereocenters. The fraction of sp³-hybridized carbons (Fsp3) is 0.611. The Hall–Kier alpha value is -1.17. The van der Waals surface area contributed by atoms with Crippen LogP contribution in [0.5, 0.6) is 11.5 Å². The van der Waals surface area contributed by atoms with Gasteiger partial charge >= 0.3 is 0 Å². The molecule has 1 aliphatic heterocycles. The smallest absolute Gasteiger partial charge is 0.254 e. The maximum Gasteiger partial charge on any atom is 0.254 e. The van der Waals surface area contributed by atoms with E-state index in [0.717, 1.165) is 38.6 Å². The second kappa shape index (κ2) is 10.7. The summed E-state index contributed by atoms with van der Waals surface area (Å²) in [6, 6.07) is 3.46. The zero-order valence-corrected chi connectivity index (χ0v) is 16.5. The lowest BCUT2D eigenvalue weighted by Gasteiger charge is -2.35. The first-order valence-corrected chi connectivity index (χ1v) is 9.01. The van der Waals surface area contributed by atoms with Gasteiger partial charge in [0.1, 0.15) is 0 Å². The van der Waals surface area contributed by atoms with Gasteiger partial charge in [-0.15, -0.1) is 12.4 Å². The van der Waals surface area contributed by atoms with Gasteiger partial charge in [-0.3, -0.25) is 4.79 Å². The summed E-state index contributed by atoms with van der Waals surface area (Å²) in [5, 5.41) is 0.398. The molecule has 1 saturated heterocycles. The molecule has 0 aliphatic carbocycles. The number of rotatable bonds is 7. The summed E-state index contributed by atoms with van der Waals surface area (Å²) >= 11 is 6.35. The largest absolute Gasteiger partial charge is 0.493 e. The normalized spacial score (nSPS) is 17.0. The molecule has 1 aromatic rings. The van der Waals surface area contributed by atoms with Crippen LogP contribution in [0.15, 0.2) is 12.1 Å². The quantitative estimate of drug-likeness (QED) is 0.716. The van der Waals surface area contributed by atoms with Crippen LogP contribution in [0.25, 0.3) is 0 Å². The van der Waals surface area contributed by atoms with Gasteiger partial charge in [-0.1, -0.05) is 24.9 Å². The van der Waals surface area contributed by atoms with Gasteiger partial charge in [0, 0.05) is 24.7 Å². The van der Waals surface area contributed by atoms with E-state index in [1.54, 1.807) is 19.2 Å². The molecule has 1 fully saturated rings. The van der Waals surface area contributed by atoms with Crippen LogP contribution in [-0.2, 0) is 0 Å². The Morgan fingerprint density at radius 1 is 1.40 bits per heavy atom. The number of carbonyl (C=O) groups excluding carboxylic acids is 1. The van der Waals surface area contributed by atoms with Crippen LogP contribution in [-0.4, -0.2) is 43.7 Å². The molecule has 25 heavy (non-hydrogen) atoms. The number of ether oxygens (including phenoxy) is 2. The van der Waals surface area contributed by atoms with Crippen LogP contribution in [0, 0.1) is 0 Å². The standard InChI is InChI=1S/C18H27ClN2O3.ClH/c1-3-4-9-24-17-15(19)10-13(11-16(17)23-2)18(22)21-8-6-5-7-14(21)12-20;/h10-11,14H,3-9,12,20H2,1-2H3;1H. The number of piperidine rings is 1. The number of carbonyl (C=O) groups is 1. The minimum absolute atomic E-state index is 0. The highest BCUT2D eigenvalue weighted by Crippen LogP contribution is 2.37. The number of hydrogen-bond donors (Lipinski definition) is 1. The fourth-order valence-electron chi connectivity index (χ4n) is 2.98. The van der Waals surface area contributed by atoms with E-state index in [2.05, 4.69) is 6.92 Å². The van der Waals surface area contributed by atoms with Gasteiger partial charge in [-0.2, -0.15) is 0 Å². The Kier molecular flexibility index (Phi) is 9.39. The Balaban J connectivity index is 0.00000312. The van der Waals surface area contributed by atoms with E-state index in [1.807, 2.05) is 4.90 Å². The van der Waals surface area contributed by atoms with Crippen molar-refractivity contribution in [3.05, 3.63) is 22.7 Å². The summed E-state index contributed by atoms with van der Waals surface area (Å²) in [6.07, 6.45) is 5.04. The maximum atomic E-state index is 12.9. The monoisotopic (exact) mass is 390 g/mol. The zero-order valence-electron chi connectivity index (χ0n) is 14.9. The van der Waals surface area contributed by atoms with Gasteiger partial charge in [0.15, 0.2) is 11.5 Å². The summed E-state index contributed by atoms with van der Waals surface area (Å²) in [6.45, 7) is 3.88. The number of methoxy groups -OCH3 is 1. The minimum Gasteiger partial charge on any atom is -0.493 e. The summed E-state index contributed by atoms with van der Waals surface area (Å²) in [7, 11) is 1.55. The van der Waals surface area contributed by atoms with Gasteiger partial charge < -0.3 is 20.1 Å². The van der Waals surface area contributed by atoms with Crippen molar-refractivity contribution in [2.45, 2.75) is 45.1 Å². The lowest BCUT2D eigenvalue weighted by molar-refractivity contribution is 0.0623. The molecule has 2 N–H and O–H groups in total. The molecule has 1 heterocycles. The Morgan fingerprint density at radius 3 is 2.80 bits per heavy atom. The van der Waals surface area contributed by atoms with E-state index in [-0.39, 0.29) is 24.4 Å². The predicted octanol–water partition coefficient (Wildman–Crippen LogP) is 3.90. The zero-order chi connectivity index (χ0) is 17.5. The molecule has 1 amide bonds. The van der Waals surface area contributed by atoms with Gasteiger partial charge in [0.05, 0.1) is 18.7 Å². The molecule has 5 nitrogen and oxygen atoms in total. The number of nitrogens with two attached hydrogens (primary N) is 1. The fourth-order valence-corrected chi connectivity index (χ4v) is 3.25. The summed E-state index contributed by atoms with van der Waals surface area (Å²) < 4.78 is 11.1. The Bertz CT molecular complexity index is 569. The Morgan fingerprint density at radius 2 is 2.16 bits per heavy atom. The van der Waals surface area contributed by atoms with Crippen molar-refractivity contribution in [2.75, 3.05) is 26.8 Å². The molecule has 0 aromatic heterocycles. The highest BCUT2D eigenvalue weighted by Gasteiger charge is 2.27. The molecular formula is C18H28Cl2N2O3. The first kappa shape index (κ1) is 21.9. The number of halogens is 2. The molecule has 0 spiro atoms. The highest BCUT2D eigenvalue weighted by molar-refractivity contribution is 6.32. The van der Waals surface area contributed by atoms with E-state index < -0.39 is 0 Å². The number of unbranched alkanes of at least 4 members (excludes halogenated alkanes) is 1. The first-order valence-electron chi connectivity index (χ1n) is 8.63. The van der Waals surface area contributed by atoms with Crippen LogP contribution in [0.1, 0.15) is 49.4 Å². The lowest BCUT2D eigenvalue weighted by atomic mass is 10.0. The lowest BCUT2D eigenvalue weighted by Crippen LogP contribution is -2.47. The molecule has 1 unspecified atom stereocenters. The van der Waals surface area contributed by atoms with Crippen molar-refractivity contribution in [3.63, 3.8) is 0 Å². The second-order valence-corrected chi connectivity index (χ2v) is 6.48. The highest BCUT2D eigenvalue weighted by atomic mass is 35.5. The predicted molar refractivity (Wildman–Crippen MR) is 103 cm³/mol. The van der Waals surface area contributed by atoms with Gasteiger partial charge in [-0.05, 0) is 37.8 Å². The van der Waals surface area contributed by atoms with Gasteiger partial charge in [0.2, 0.25) is 0 Å². The molecule has 0 saturated carbocycles. The van der Waals surface area contributed by atoms with Crippen LogP contribution in [0.3, 0.4) is 0 Å². The average molecular weight is 391 g/mol. The average Bonchev–Trinajstić information content (AvgIpc) is 2.62. The van der Waals surface area contributed by atoms with Crippen molar-refractivity contribution in [3.8, 4) is 11.5 Å². The van der Waals surface area contributed by atoms with E-state index in [4.69, 9.17) is 26.8 Å². The summed E-state index contributed by atoms with van der Waals surface area (Å²) in [4.78, 5) is 14.7. The molecule has 1 aliphatic rings. The first-order chi connectivity index (χ1) is 11.6. The number of benzene rings is 1. The van der Waals surface area contributed by atoms with E-state index in [0.29, 0.717) is 35.2 Å². The van der Waals surface area contributed by atoms with Crippen molar-refractivity contribution in [1.82, 2.24) is 4.90 Å². The number of likely N-dealkylation sites (tertiary alicyclic amines) is 1. The van der Waals surface area contributed by atoms with Gasteiger partial charge in [-0.25, -0.2) is 0 Å². The Labute approximate surface area is 161 Å². The van der Waals surface area contributed by atoms with Crippen LogP contribution in [0.4, 0.5) is 0 Å². The third-order valence-electron chi connectivity index (χ3n) is 4.38. The van der Waals surface area contributed by atoms with E-state index in [9.17, 15) is 4.79 Å². The SMILES string of the molecule is CCCCOc1c(Cl)cc(C(=O)N2CCCCC2CN)cc1OC.Cl. The summed E-state index contributed by atoms with van der Waals surface area (Å²) in [5.74, 6) is 0.937. The molecular weight excluding hydrogens is 363 g/mol. The minimum atomic E-state index is -0.0505. The van der Waals surface area contributed by atoms with Crippen molar-refractivity contribution in [2.24, 2.45) is 5.73 Å². The maximum absolute atomic E-state index is 12.9. The van der Waals surface area contributed by atoms with Crippen LogP contribution in [0.2, 0.25) is 5.02 Å². The molecule has 0 bridgehead atoms. The second-order valence-electron chi connectivity index (χ2n) is 6.08. The number of amides is 1. The van der Waals surface area contributed by atoms with Crippen LogP contribution < -0.4 is 15.2 Å². The van der Waals surface area contributed by atoms with E-state index in [1.165, 1.54) is 0 Å². The molecule has 2 rings (SSSR count). The summed E-state index contributed by atoms with van der Waals surface area (Å²) in [5.41, 5.74) is 6.34. The van der Waals surface area contributed by atoms with Crippen molar-refractivity contribution >= 4 is 29.9 Å². The van der Waals surface area contributed by atoms with E-state index >= 15 is 0 Å². The number of hydrogen-bond acceptors (Lipinski definition) is 4. The molecule has 1 aromatic carbocycles. The molecule has 0 radical (unpaired) electrons. The van der Waals surface area contributed by atoms with Crippen molar-refractivity contribution < 1.29 is 14.3 Å². The van der Waals surface area contributed by atoms with Crippen molar-refractivity contribution in [1.29, 1.82) is 0 Å².